The molecule has 0 bridgehead atoms. The first kappa shape index (κ1) is 16.2. The van der Waals surface area contributed by atoms with Crippen LogP contribution in [0.2, 0.25) is 0 Å². The number of alkyl halides is 1. The number of nitrogens with one attached hydrogen (secondary N) is 1. The third kappa shape index (κ3) is 5.00. The molecule has 108 valence electrons. The fourth-order valence-electron chi connectivity index (χ4n) is 1.53. The Morgan fingerprint density at radius 1 is 1.25 bits per heavy atom. The monoisotopic (exact) mass is 342 g/mol. The van der Waals surface area contributed by atoms with E-state index in [1.807, 2.05) is 0 Å². The third-order valence-corrected chi connectivity index (χ3v) is 3.30. The van der Waals surface area contributed by atoms with Crippen LogP contribution in [0.5, 0.6) is 0 Å². The van der Waals surface area contributed by atoms with Crippen molar-refractivity contribution in [1.82, 2.24) is 5.32 Å². The lowest BCUT2D eigenvalue weighted by Crippen LogP contribution is -2.41. The standard InChI is InChI=1S/C13H15BrN2O4/c14-7-8-1-3-9(4-2-8)12(18)16-10(13(19)20)5-6-11(15)17/h1-4,10H,5-7H2,(H2,15,17)(H,16,18)(H,19,20)/t10-/m0/s1. The number of hydrogen-bond donors (Lipinski definition) is 3. The first-order chi connectivity index (χ1) is 9.43. The van der Waals surface area contributed by atoms with Crippen LogP contribution in [-0.4, -0.2) is 28.9 Å². The molecule has 1 aromatic rings. The van der Waals surface area contributed by atoms with E-state index in [4.69, 9.17) is 10.8 Å². The van der Waals surface area contributed by atoms with Crippen molar-refractivity contribution in [3.05, 3.63) is 35.4 Å². The van der Waals surface area contributed by atoms with Gasteiger partial charge >= 0.3 is 5.97 Å². The van der Waals surface area contributed by atoms with Crippen LogP contribution in [0.4, 0.5) is 0 Å². The summed E-state index contributed by atoms with van der Waals surface area (Å²) in [5.41, 5.74) is 6.33. The first-order valence-corrected chi connectivity index (χ1v) is 7.03. The molecule has 0 radical (unpaired) electrons. The zero-order valence-electron chi connectivity index (χ0n) is 10.6. The number of carboxylic acid groups (broad SMARTS) is 1. The normalized spacial score (nSPS) is 11.7. The quantitative estimate of drug-likeness (QED) is 0.642. The molecule has 0 unspecified atom stereocenters. The summed E-state index contributed by atoms with van der Waals surface area (Å²) in [5.74, 6) is -2.30. The average Bonchev–Trinajstić information content (AvgIpc) is 2.42. The number of benzene rings is 1. The summed E-state index contributed by atoms with van der Waals surface area (Å²) in [7, 11) is 0. The number of nitrogens with two attached hydrogens (primary N) is 1. The number of carbonyl (C=O) groups excluding carboxylic acids is 2. The highest BCUT2D eigenvalue weighted by molar-refractivity contribution is 9.08. The fraction of sp³-hybridized carbons (Fsp3) is 0.308. The van der Waals surface area contributed by atoms with E-state index in [-0.39, 0.29) is 12.8 Å². The van der Waals surface area contributed by atoms with Crippen molar-refractivity contribution in [2.45, 2.75) is 24.2 Å². The van der Waals surface area contributed by atoms with Crippen LogP contribution < -0.4 is 11.1 Å². The van der Waals surface area contributed by atoms with Gasteiger partial charge in [0.1, 0.15) is 6.04 Å². The maximum absolute atomic E-state index is 11.9. The molecule has 0 heterocycles. The Bertz CT molecular complexity index is 502. The third-order valence-electron chi connectivity index (χ3n) is 2.65. The van der Waals surface area contributed by atoms with Crippen LogP contribution in [0.3, 0.4) is 0 Å². The van der Waals surface area contributed by atoms with Gasteiger partial charge in [0.05, 0.1) is 0 Å². The van der Waals surface area contributed by atoms with Crippen molar-refractivity contribution < 1.29 is 19.5 Å². The molecule has 0 aromatic heterocycles. The van der Waals surface area contributed by atoms with Gasteiger partial charge in [0.2, 0.25) is 5.91 Å². The molecule has 20 heavy (non-hydrogen) atoms. The largest absolute Gasteiger partial charge is 0.480 e. The molecule has 4 N–H and O–H groups in total. The number of primary amides is 1. The topological polar surface area (TPSA) is 109 Å². The molecule has 0 aliphatic heterocycles. The second kappa shape index (κ2) is 7.64. The highest BCUT2D eigenvalue weighted by Gasteiger charge is 2.21. The number of amides is 2. The highest BCUT2D eigenvalue weighted by Crippen LogP contribution is 2.08. The lowest BCUT2D eigenvalue weighted by atomic mass is 10.1. The van der Waals surface area contributed by atoms with Crippen LogP contribution in [0, 0.1) is 0 Å². The molecular formula is C13H15BrN2O4. The molecule has 0 aliphatic carbocycles. The number of halogens is 1. The van der Waals surface area contributed by atoms with E-state index in [9.17, 15) is 14.4 Å². The van der Waals surface area contributed by atoms with E-state index in [0.717, 1.165) is 5.56 Å². The predicted molar refractivity (Wildman–Crippen MR) is 76.4 cm³/mol. The molecule has 7 heteroatoms. The predicted octanol–water partition coefficient (Wildman–Crippen LogP) is 1.03. The van der Waals surface area contributed by atoms with Gasteiger partial charge in [0, 0.05) is 17.3 Å². The minimum Gasteiger partial charge on any atom is -0.480 e. The summed E-state index contributed by atoms with van der Waals surface area (Å²) in [6, 6.07) is 5.62. The average molecular weight is 343 g/mol. The summed E-state index contributed by atoms with van der Waals surface area (Å²) in [6.45, 7) is 0. The van der Waals surface area contributed by atoms with E-state index < -0.39 is 23.8 Å². The van der Waals surface area contributed by atoms with E-state index in [1.54, 1.807) is 24.3 Å². The Morgan fingerprint density at radius 3 is 2.30 bits per heavy atom. The summed E-state index contributed by atoms with van der Waals surface area (Å²) in [5, 5.41) is 12.0. The summed E-state index contributed by atoms with van der Waals surface area (Å²) < 4.78 is 0. The second-order valence-corrected chi connectivity index (χ2v) is 4.76. The van der Waals surface area contributed by atoms with Gasteiger partial charge in [-0.3, -0.25) is 9.59 Å². The molecule has 6 nitrogen and oxygen atoms in total. The van der Waals surface area contributed by atoms with Gasteiger partial charge in [0.25, 0.3) is 5.91 Å². The SMILES string of the molecule is NC(=O)CC[C@H](NC(=O)c1ccc(CBr)cc1)C(=O)O. The number of rotatable bonds is 7. The van der Waals surface area contributed by atoms with Crippen LogP contribution >= 0.6 is 15.9 Å². The molecule has 1 atom stereocenters. The maximum atomic E-state index is 11.9. The van der Waals surface area contributed by atoms with Gasteiger partial charge in [-0.1, -0.05) is 28.1 Å². The lowest BCUT2D eigenvalue weighted by Gasteiger charge is -2.13. The molecule has 0 spiro atoms. The molecular weight excluding hydrogens is 328 g/mol. The Labute approximate surface area is 124 Å². The number of carboxylic acids is 1. The molecule has 1 rings (SSSR count). The minimum absolute atomic E-state index is 0.0319. The van der Waals surface area contributed by atoms with E-state index >= 15 is 0 Å². The van der Waals surface area contributed by atoms with Gasteiger partial charge in [0.15, 0.2) is 0 Å². The number of hydrogen-bond acceptors (Lipinski definition) is 3. The van der Waals surface area contributed by atoms with Gasteiger partial charge in [-0.15, -0.1) is 0 Å². The summed E-state index contributed by atoms with van der Waals surface area (Å²) in [4.78, 5) is 33.6. The maximum Gasteiger partial charge on any atom is 0.326 e. The van der Waals surface area contributed by atoms with Crippen LogP contribution in [0.1, 0.15) is 28.8 Å². The van der Waals surface area contributed by atoms with Gasteiger partial charge in [-0.05, 0) is 24.1 Å². The summed E-state index contributed by atoms with van der Waals surface area (Å²) in [6.07, 6.45) is -0.129. The van der Waals surface area contributed by atoms with Crippen molar-refractivity contribution in [1.29, 1.82) is 0 Å². The Morgan fingerprint density at radius 2 is 1.85 bits per heavy atom. The van der Waals surface area contributed by atoms with Gasteiger partial charge in [-0.25, -0.2) is 4.79 Å². The summed E-state index contributed by atoms with van der Waals surface area (Å²) >= 11 is 3.29. The van der Waals surface area contributed by atoms with Gasteiger partial charge < -0.3 is 16.2 Å². The lowest BCUT2D eigenvalue weighted by molar-refractivity contribution is -0.139. The number of carbonyl (C=O) groups is 3. The zero-order valence-corrected chi connectivity index (χ0v) is 12.2. The number of aliphatic carboxylic acids is 1. The van der Waals surface area contributed by atoms with Crippen LogP contribution in [0.15, 0.2) is 24.3 Å². The van der Waals surface area contributed by atoms with E-state index in [0.29, 0.717) is 10.9 Å². The van der Waals surface area contributed by atoms with Gasteiger partial charge in [-0.2, -0.15) is 0 Å². The smallest absolute Gasteiger partial charge is 0.326 e. The Hall–Kier alpha value is -1.89. The zero-order chi connectivity index (χ0) is 15.1. The highest BCUT2D eigenvalue weighted by atomic mass is 79.9. The van der Waals surface area contributed by atoms with Crippen LogP contribution in [0.25, 0.3) is 0 Å². The first-order valence-electron chi connectivity index (χ1n) is 5.91. The molecule has 1 aromatic carbocycles. The second-order valence-electron chi connectivity index (χ2n) is 4.20. The Kier molecular flexibility index (Phi) is 6.17. The van der Waals surface area contributed by atoms with E-state index in [1.165, 1.54) is 0 Å². The molecule has 0 aliphatic rings. The molecule has 0 fully saturated rings. The van der Waals surface area contributed by atoms with Crippen molar-refractivity contribution >= 4 is 33.7 Å². The molecule has 0 saturated carbocycles. The Balaban J connectivity index is 2.69. The van der Waals surface area contributed by atoms with Crippen LogP contribution in [-0.2, 0) is 14.9 Å². The van der Waals surface area contributed by atoms with Crippen molar-refractivity contribution in [3.8, 4) is 0 Å². The van der Waals surface area contributed by atoms with E-state index in [2.05, 4.69) is 21.2 Å². The minimum atomic E-state index is -1.20. The van der Waals surface area contributed by atoms with Crippen molar-refractivity contribution in [2.75, 3.05) is 0 Å². The molecule has 0 saturated heterocycles. The fourth-order valence-corrected chi connectivity index (χ4v) is 1.90. The van der Waals surface area contributed by atoms with Crippen molar-refractivity contribution in [2.24, 2.45) is 5.73 Å². The van der Waals surface area contributed by atoms with Crippen molar-refractivity contribution in [3.63, 3.8) is 0 Å². The molecule has 2 amide bonds.